The number of carbonyl (C=O) groups excluding carboxylic acids is 1. The second-order valence-corrected chi connectivity index (χ2v) is 5.51. The fourth-order valence-electron chi connectivity index (χ4n) is 2.39. The molecule has 0 spiro atoms. The van der Waals surface area contributed by atoms with Gasteiger partial charge in [-0.3, -0.25) is 4.79 Å². The van der Waals surface area contributed by atoms with E-state index in [1.165, 1.54) is 6.07 Å². The van der Waals surface area contributed by atoms with E-state index in [1.54, 1.807) is 19.1 Å². The Morgan fingerprint density at radius 2 is 1.70 bits per heavy atom. The Bertz CT molecular complexity index is 641. The summed E-state index contributed by atoms with van der Waals surface area (Å²) in [6.45, 7) is 1.74. The second kappa shape index (κ2) is 7.83. The second-order valence-electron chi connectivity index (χ2n) is 5.51. The quantitative estimate of drug-likeness (QED) is 0.859. The normalized spacial score (nSPS) is 13.4. The average Bonchev–Trinajstić information content (AvgIpc) is 2.51. The highest BCUT2D eigenvalue weighted by Crippen LogP contribution is 2.18. The molecule has 0 aliphatic rings. The van der Waals surface area contributed by atoms with Crippen molar-refractivity contribution in [1.82, 2.24) is 5.32 Å². The third-order valence-corrected chi connectivity index (χ3v) is 3.57. The maximum Gasteiger partial charge on any atom is 0.224 e. The molecule has 0 aliphatic heterocycles. The zero-order valence-corrected chi connectivity index (χ0v) is 12.8. The zero-order chi connectivity index (χ0) is 16.8. The summed E-state index contributed by atoms with van der Waals surface area (Å²) in [4.78, 5) is 11.9. The minimum absolute atomic E-state index is 0.249. The van der Waals surface area contributed by atoms with Crippen molar-refractivity contribution in [2.24, 2.45) is 0 Å². The Balaban J connectivity index is 1.90. The van der Waals surface area contributed by atoms with Gasteiger partial charge in [-0.2, -0.15) is 0 Å². The van der Waals surface area contributed by atoms with Crippen LogP contribution in [0, 0.1) is 11.6 Å². The molecule has 0 fully saturated rings. The molecule has 0 saturated heterocycles. The molecule has 5 heteroatoms. The lowest BCUT2D eigenvalue weighted by Gasteiger charge is -2.18. The number of nitrogens with one attached hydrogen (secondary N) is 1. The molecule has 23 heavy (non-hydrogen) atoms. The summed E-state index contributed by atoms with van der Waals surface area (Å²) in [5, 5.41) is 12.8. The zero-order valence-electron chi connectivity index (χ0n) is 12.8. The molecule has 2 aromatic carbocycles. The number of rotatable bonds is 6. The molecule has 0 aromatic heterocycles. The van der Waals surface area contributed by atoms with Crippen molar-refractivity contribution in [3.05, 3.63) is 71.3 Å². The Morgan fingerprint density at radius 3 is 2.30 bits per heavy atom. The van der Waals surface area contributed by atoms with Crippen LogP contribution in [0.25, 0.3) is 0 Å². The maximum atomic E-state index is 13.5. The number of hydrogen-bond donors (Lipinski definition) is 2. The van der Waals surface area contributed by atoms with E-state index in [1.807, 2.05) is 18.2 Å². The predicted octanol–water partition coefficient (Wildman–Crippen LogP) is 3.14. The van der Waals surface area contributed by atoms with Gasteiger partial charge in [0.1, 0.15) is 11.6 Å². The molecule has 0 radical (unpaired) electrons. The van der Waals surface area contributed by atoms with Gasteiger partial charge in [0.2, 0.25) is 5.91 Å². The van der Waals surface area contributed by atoms with Gasteiger partial charge < -0.3 is 10.4 Å². The number of halogens is 2. The van der Waals surface area contributed by atoms with Gasteiger partial charge in [0, 0.05) is 11.6 Å². The van der Waals surface area contributed by atoms with Gasteiger partial charge in [0.05, 0.1) is 12.5 Å². The van der Waals surface area contributed by atoms with Crippen LogP contribution in [0.2, 0.25) is 0 Å². The first kappa shape index (κ1) is 17.1. The SMILES string of the molecule is CC(CC(O)c1ccccc1)NC(=O)Cc1c(F)cccc1F. The highest BCUT2D eigenvalue weighted by molar-refractivity contribution is 5.78. The van der Waals surface area contributed by atoms with Crippen LogP contribution in [-0.2, 0) is 11.2 Å². The Hall–Kier alpha value is -2.27. The molecule has 0 heterocycles. The molecule has 1 amide bonds. The lowest BCUT2D eigenvalue weighted by atomic mass is 10.0. The number of carbonyl (C=O) groups is 1. The van der Waals surface area contributed by atoms with Crippen molar-refractivity contribution in [3.63, 3.8) is 0 Å². The molecule has 2 rings (SSSR count). The van der Waals surface area contributed by atoms with E-state index in [-0.39, 0.29) is 18.0 Å². The van der Waals surface area contributed by atoms with Gasteiger partial charge in [-0.1, -0.05) is 36.4 Å². The molecule has 2 unspecified atom stereocenters. The van der Waals surface area contributed by atoms with Crippen LogP contribution in [0.1, 0.15) is 30.6 Å². The number of hydrogen-bond acceptors (Lipinski definition) is 2. The molecule has 2 N–H and O–H groups in total. The Kier molecular flexibility index (Phi) is 5.82. The summed E-state index contributed by atoms with van der Waals surface area (Å²) < 4.78 is 27.0. The van der Waals surface area contributed by atoms with Crippen molar-refractivity contribution in [3.8, 4) is 0 Å². The van der Waals surface area contributed by atoms with Gasteiger partial charge in [-0.05, 0) is 31.0 Å². The fourth-order valence-corrected chi connectivity index (χ4v) is 2.39. The van der Waals surface area contributed by atoms with E-state index in [0.29, 0.717) is 6.42 Å². The monoisotopic (exact) mass is 319 g/mol. The van der Waals surface area contributed by atoms with Crippen molar-refractivity contribution in [2.45, 2.75) is 31.9 Å². The lowest BCUT2D eigenvalue weighted by Crippen LogP contribution is -2.35. The predicted molar refractivity (Wildman–Crippen MR) is 83.7 cm³/mol. The minimum atomic E-state index is -0.739. The third-order valence-electron chi connectivity index (χ3n) is 3.57. The Morgan fingerprint density at radius 1 is 1.09 bits per heavy atom. The van der Waals surface area contributed by atoms with Crippen LogP contribution < -0.4 is 5.32 Å². The van der Waals surface area contributed by atoms with E-state index in [4.69, 9.17) is 0 Å². The van der Waals surface area contributed by atoms with E-state index < -0.39 is 23.6 Å². The van der Waals surface area contributed by atoms with Gasteiger partial charge in [0.25, 0.3) is 0 Å². The number of benzene rings is 2. The van der Waals surface area contributed by atoms with Crippen molar-refractivity contribution >= 4 is 5.91 Å². The molecular weight excluding hydrogens is 300 g/mol. The summed E-state index contributed by atoms with van der Waals surface area (Å²) in [6, 6.07) is 12.3. The topological polar surface area (TPSA) is 49.3 Å². The van der Waals surface area contributed by atoms with Crippen LogP contribution in [0.3, 0.4) is 0 Å². The maximum absolute atomic E-state index is 13.5. The van der Waals surface area contributed by atoms with E-state index >= 15 is 0 Å². The summed E-state index contributed by atoms with van der Waals surface area (Å²) in [5.74, 6) is -1.96. The number of amides is 1. The van der Waals surface area contributed by atoms with Gasteiger partial charge in [-0.25, -0.2) is 8.78 Å². The molecule has 3 nitrogen and oxygen atoms in total. The third kappa shape index (κ3) is 4.86. The molecule has 0 bridgehead atoms. The van der Waals surface area contributed by atoms with Crippen molar-refractivity contribution in [1.29, 1.82) is 0 Å². The molecule has 0 aliphatic carbocycles. The summed E-state index contributed by atoms with van der Waals surface area (Å²) in [7, 11) is 0. The van der Waals surface area contributed by atoms with Crippen LogP contribution in [0.5, 0.6) is 0 Å². The highest BCUT2D eigenvalue weighted by Gasteiger charge is 2.17. The Labute approximate surface area is 134 Å². The average molecular weight is 319 g/mol. The lowest BCUT2D eigenvalue weighted by molar-refractivity contribution is -0.121. The van der Waals surface area contributed by atoms with Gasteiger partial charge >= 0.3 is 0 Å². The molecule has 2 aromatic rings. The minimum Gasteiger partial charge on any atom is -0.388 e. The van der Waals surface area contributed by atoms with E-state index in [9.17, 15) is 18.7 Å². The van der Waals surface area contributed by atoms with Gasteiger partial charge in [0.15, 0.2) is 0 Å². The van der Waals surface area contributed by atoms with E-state index in [0.717, 1.165) is 17.7 Å². The highest BCUT2D eigenvalue weighted by atomic mass is 19.1. The summed E-state index contributed by atoms with van der Waals surface area (Å²) in [5.41, 5.74) is 0.509. The molecule has 122 valence electrons. The molecular formula is C18H19F2NO2. The van der Waals surface area contributed by atoms with Crippen LogP contribution in [0.15, 0.2) is 48.5 Å². The van der Waals surface area contributed by atoms with Crippen LogP contribution >= 0.6 is 0 Å². The van der Waals surface area contributed by atoms with Crippen molar-refractivity contribution in [2.75, 3.05) is 0 Å². The smallest absolute Gasteiger partial charge is 0.224 e. The first-order chi connectivity index (χ1) is 11.0. The van der Waals surface area contributed by atoms with Crippen molar-refractivity contribution < 1.29 is 18.7 Å². The number of aliphatic hydroxyl groups is 1. The standard InChI is InChI=1S/C18H19F2NO2/c1-12(10-17(22)13-6-3-2-4-7-13)21-18(23)11-14-15(19)8-5-9-16(14)20/h2-9,12,17,22H,10-11H2,1H3,(H,21,23). The van der Waals surface area contributed by atoms with Crippen LogP contribution in [-0.4, -0.2) is 17.1 Å². The van der Waals surface area contributed by atoms with Crippen LogP contribution in [0.4, 0.5) is 8.78 Å². The largest absolute Gasteiger partial charge is 0.388 e. The summed E-state index contributed by atoms with van der Waals surface area (Å²) >= 11 is 0. The molecule has 0 saturated carbocycles. The summed E-state index contributed by atoms with van der Waals surface area (Å²) in [6.07, 6.45) is -0.767. The number of aliphatic hydroxyl groups excluding tert-OH is 1. The fraction of sp³-hybridized carbons (Fsp3) is 0.278. The van der Waals surface area contributed by atoms with E-state index in [2.05, 4.69) is 5.32 Å². The first-order valence-electron chi connectivity index (χ1n) is 7.42. The molecule has 2 atom stereocenters. The van der Waals surface area contributed by atoms with Gasteiger partial charge in [-0.15, -0.1) is 0 Å². The first-order valence-corrected chi connectivity index (χ1v) is 7.42.